The number of hydrogen-bond acceptors (Lipinski definition) is 9. The normalized spacial score (nSPS) is 30.6. The summed E-state index contributed by atoms with van der Waals surface area (Å²) in [6.45, 7) is 6.98. The number of aromatic nitrogens is 3. The summed E-state index contributed by atoms with van der Waals surface area (Å²) in [6.07, 6.45) is 1.37. The van der Waals surface area contributed by atoms with Crippen LogP contribution in [0.5, 0.6) is 0 Å². The van der Waals surface area contributed by atoms with Crippen LogP contribution in [-0.2, 0) is 23.7 Å². The van der Waals surface area contributed by atoms with Gasteiger partial charge in [0.25, 0.3) is 0 Å². The van der Waals surface area contributed by atoms with E-state index in [1.165, 1.54) is 13.4 Å². The Balaban J connectivity index is 1.88. The summed E-state index contributed by atoms with van der Waals surface area (Å²) in [5, 5.41) is 14.2. The molecule has 10 heteroatoms. The lowest BCUT2D eigenvalue weighted by Gasteiger charge is -2.29. The number of carbonyl (C=O) groups excluding carboxylic acids is 1. The predicted molar refractivity (Wildman–Crippen MR) is 106 cm³/mol. The molecule has 2 aliphatic rings. The molecule has 0 saturated carbocycles. The van der Waals surface area contributed by atoms with E-state index in [2.05, 4.69) is 10.1 Å². The lowest BCUT2D eigenvalue weighted by Crippen LogP contribution is -2.40. The number of nitrogens with two attached hydrogens (primary N) is 1. The van der Waals surface area contributed by atoms with Crippen molar-refractivity contribution in [3.05, 3.63) is 29.2 Å². The van der Waals surface area contributed by atoms with Crippen molar-refractivity contribution in [3.63, 3.8) is 0 Å². The molecule has 2 aromatic heterocycles. The number of hydrogen-bond donors (Lipinski definition) is 2. The molecule has 0 radical (unpaired) electrons. The molecule has 4 rings (SSSR count). The summed E-state index contributed by atoms with van der Waals surface area (Å²) in [7, 11) is 1.32. The van der Waals surface area contributed by atoms with Gasteiger partial charge in [0.2, 0.25) is 0 Å². The summed E-state index contributed by atoms with van der Waals surface area (Å²) >= 11 is 0. The van der Waals surface area contributed by atoms with Gasteiger partial charge in [0, 0.05) is 11.1 Å². The Morgan fingerprint density at radius 3 is 2.83 bits per heavy atom. The highest BCUT2D eigenvalue weighted by molar-refractivity contribution is 5.95. The average molecular weight is 418 g/mol. The van der Waals surface area contributed by atoms with Crippen LogP contribution in [0.15, 0.2) is 18.0 Å². The van der Waals surface area contributed by atoms with Gasteiger partial charge in [0.15, 0.2) is 11.6 Å². The van der Waals surface area contributed by atoms with Gasteiger partial charge in [0.05, 0.1) is 19.4 Å². The molecule has 0 amide bonds. The molecule has 4 atom stereocenters. The summed E-state index contributed by atoms with van der Waals surface area (Å²) in [4.78, 5) is 16.0. The molecular formula is C20H26N4O6. The average Bonchev–Trinajstić information content (AvgIpc) is 3.25. The Bertz CT molecular complexity index is 1030. The number of fused-ring (bicyclic) bond motifs is 2. The first-order valence-electron chi connectivity index (χ1n) is 9.64. The lowest BCUT2D eigenvalue weighted by atomic mass is 9.91. The molecule has 3 N–H and O–H groups in total. The number of methoxy groups -OCH3 is 1. The van der Waals surface area contributed by atoms with E-state index in [0.717, 1.165) is 0 Å². The summed E-state index contributed by atoms with van der Waals surface area (Å²) in [6, 6.07) is 1.83. The first-order valence-corrected chi connectivity index (χ1v) is 9.64. The van der Waals surface area contributed by atoms with E-state index in [1.807, 2.05) is 26.8 Å². The van der Waals surface area contributed by atoms with E-state index in [1.54, 1.807) is 17.5 Å². The van der Waals surface area contributed by atoms with Gasteiger partial charge in [-0.25, -0.2) is 14.3 Å². The van der Waals surface area contributed by atoms with Crippen molar-refractivity contribution in [2.75, 3.05) is 19.5 Å². The smallest absolute Gasteiger partial charge is 0.333 e. The third-order valence-corrected chi connectivity index (χ3v) is 5.58. The molecule has 2 aliphatic heterocycles. The van der Waals surface area contributed by atoms with E-state index in [0.29, 0.717) is 22.3 Å². The maximum absolute atomic E-state index is 11.9. The van der Waals surface area contributed by atoms with Gasteiger partial charge < -0.3 is 29.8 Å². The van der Waals surface area contributed by atoms with Crippen molar-refractivity contribution in [1.29, 1.82) is 0 Å². The predicted octanol–water partition coefficient (Wildman–Crippen LogP) is 1.23. The fourth-order valence-corrected chi connectivity index (χ4v) is 4.44. The number of aliphatic hydroxyl groups is 1. The van der Waals surface area contributed by atoms with Gasteiger partial charge in [-0.2, -0.15) is 5.10 Å². The molecule has 10 nitrogen and oxygen atoms in total. The molecule has 0 unspecified atom stereocenters. The number of aliphatic hydroxyl groups excluding tert-OH is 1. The fourth-order valence-electron chi connectivity index (χ4n) is 4.44. The van der Waals surface area contributed by atoms with Crippen molar-refractivity contribution < 1.29 is 28.8 Å². The fraction of sp³-hybridized carbons (Fsp3) is 0.550. The van der Waals surface area contributed by atoms with Gasteiger partial charge in [0.1, 0.15) is 35.8 Å². The standard InChI is InChI=1S/C20H26N4O6/c1-10(18(26)27-5)6-11-7-12(24-14(11)17(21)22-9-23-24)15-20(4)16(13(8-25)28-15)29-19(2,3)30-20/h6-7,9,13,15-16,25H,8H2,1-5H3,(H2,21,22,23)/b10-6+/t13-,15+,16-,20+/m1/s1. The largest absolute Gasteiger partial charge is 0.466 e. The number of esters is 1. The number of rotatable bonds is 4. The van der Waals surface area contributed by atoms with Crippen LogP contribution in [0.25, 0.3) is 11.6 Å². The van der Waals surface area contributed by atoms with E-state index in [-0.39, 0.29) is 12.4 Å². The maximum atomic E-state index is 11.9. The molecule has 30 heavy (non-hydrogen) atoms. The molecule has 2 fully saturated rings. The zero-order valence-corrected chi connectivity index (χ0v) is 17.6. The molecule has 2 aromatic rings. The lowest BCUT2D eigenvalue weighted by molar-refractivity contribution is -0.207. The van der Waals surface area contributed by atoms with Crippen LogP contribution in [0.1, 0.15) is 45.1 Å². The second-order valence-corrected chi connectivity index (χ2v) is 8.21. The molecule has 4 heterocycles. The minimum atomic E-state index is -0.872. The quantitative estimate of drug-likeness (QED) is 0.556. The minimum absolute atomic E-state index is 0.217. The highest BCUT2D eigenvalue weighted by Crippen LogP contribution is 2.53. The van der Waals surface area contributed by atoms with Gasteiger partial charge in [-0.15, -0.1) is 0 Å². The van der Waals surface area contributed by atoms with Crippen LogP contribution in [0, 0.1) is 0 Å². The zero-order valence-electron chi connectivity index (χ0n) is 17.6. The molecule has 0 spiro atoms. The Morgan fingerprint density at radius 2 is 2.17 bits per heavy atom. The van der Waals surface area contributed by atoms with E-state index in [4.69, 9.17) is 24.7 Å². The number of ether oxygens (including phenoxy) is 4. The van der Waals surface area contributed by atoms with Gasteiger partial charge in [-0.3, -0.25) is 0 Å². The van der Waals surface area contributed by atoms with Crippen LogP contribution in [0.4, 0.5) is 5.82 Å². The van der Waals surface area contributed by atoms with Crippen molar-refractivity contribution >= 4 is 23.4 Å². The van der Waals surface area contributed by atoms with E-state index >= 15 is 0 Å². The Morgan fingerprint density at radius 1 is 1.43 bits per heavy atom. The number of carbonyl (C=O) groups is 1. The van der Waals surface area contributed by atoms with Crippen LogP contribution < -0.4 is 5.73 Å². The summed E-state index contributed by atoms with van der Waals surface area (Å²) in [5.74, 6) is -1.03. The minimum Gasteiger partial charge on any atom is -0.466 e. The number of nitrogen functional groups attached to an aromatic ring is 1. The highest BCUT2D eigenvalue weighted by Gasteiger charge is 2.64. The van der Waals surface area contributed by atoms with Crippen LogP contribution in [0.3, 0.4) is 0 Å². The number of anilines is 1. The topological polar surface area (TPSA) is 130 Å². The first-order chi connectivity index (χ1) is 14.1. The highest BCUT2D eigenvalue weighted by atomic mass is 16.8. The van der Waals surface area contributed by atoms with E-state index < -0.39 is 35.7 Å². The Kier molecular flexibility index (Phi) is 4.85. The van der Waals surface area contributed by atoms with Crippen molar-refractivity contribution in [2.24, 2.45) is 0 Å². The molecule has 162 valence electrons. The first kappa shape index (κ1) is 20.7. The van der Waals surface area contributed by atoms with Crippen LogP contribution >= 0.6 is 0 Å². The zero-order chi connectivity index (χ0) is 21.8. The molecule has 0 aliphatic carbocycles. The van der Waals surface area contributed by atoms with Crippen molar-refractivity contribution in [3.8, 4) is 0 Å². The maximum Gasteiger partial charge on any atom is 0.333 e. The van der Waals surface area contributed by atoms with Gasteiger partial charge in [-0.05, 0) is 39.8 Å². The molecular weight excluding hydrogens is 392 g/mol. The van der Waals surface area contributed by atoms with Crippen LogP contribution in [0.2, 0.25) is 0 Å². The van der Waals surface area contributed by atoms with Crippen molar-refractivity contribution in [1.82, 2.24) is 14.6 Å². The number of nitrogens with zero attached hydrogens (tertiary/aromatic N) is 3. The van der Waals surface area contributed by atoms with Gasteiger partial charge >= 0.3 is 5.97 Å². The molecule has 2 saturated heterocycles. The summed E-state index contributed by atoms with van der Waals surface area (Å²) in [5.41, 5.74) is 7.48. The molecule has 0 aromatic carbocycles. The van der Waals surface area contributed by atoms with Crippen LogP contribution in [-0.4, -0.2) is 63.0 Å². The Labute approximate surface area is 173 Å². The Hall–Kier alpha value is -2.53. The second-order valence-electron chi connectivity index (χ2n) is 8.21. The van der Waals surface area contributed by atoms with E-state index in [9.17, 15) is 9.90 Å². The second kappa shape index (κ2) is 7.02. The SMILES string of the molecule is COC(=O)/C(C)=C/c1cc([C@@H]2O[C@H](CO)[C@H]3OC(C)(C)O[C@]32C)n2ncnc(N)c12. The third-order valence-electron chi connectivity index (χ3n) is 5.58. The summed E-state index contributed by atoms with van der Waals surface area (Å²) < 4.78 is 24.9. The third kappa shape index (κ3) is 3.07. The monoisotopic (exact) mass is 418 g/mol. The molecule has 0 bridgehead atoms. The van der Waals surface area contributed by atoms with Crippen molar-refractivity contribution in [2.45, 2.75) is 57.4 Å². The van der Waals surface area contributed by atoms with Gasteiger partial charge in [-0.1, -0.05) is 0 Å².